The average Bonchev–Trinajstić information content (AvgIpc) is 2.59. The molecule has 5 nitrogen and oxygen atoms in total. The number of thioether (sulfide) groups is 1. The molecule has 0 radical (unpaired) electrons. The number of carbonyl (C=O) groups is 1. The molecule has 1 heterocycles. The number of carboxylic acid groups (broad SMARTS) is 1. The maximum Gasteiger partial charge on any atom is 0.339 e. The second-order valence-electron chi connectivity index (χ2n) is 4.97. The van der Waals surface area contributed by atoms with E-state index in [0.29, 0.717) is 5.56 Å². The van der Waals surface area contributed by atoms with Crippen molar-refractivity contribution in [3.8, 4) is 5.75 Å². The maximum absolute atomic E-state index is 12.3. The summed E-state index contributed by atoms with van der Waals surface area (Å²) in [7, 11) is 1.41. The molecule has 1 atom stereocenters. The lowest BCUT2D eigenvalue weighted by Gasteiger charge is -2.30. The van der Waals surface area contributed by atoms with E-state index in [0.717, 1.165) is 4.90 Å². The van der Waals surface area contributed by atoms with Gasteiger partial charge in [-0.2, -0.15) is 0 Å². The first kappa shape index (κ1) is 18.6. The largest absolute Gasteiger partial charge is 0.496 e. The predicted molar refractivity (Wildman–Crippen MR) is 96.1 cm³/mol. The third-order valence-electron chi connectivity index (χ3n) is 3.62. The molecule has 0 fully saturated rings. The fourth-order valence-electron chi connectivity index (χ4n) is 2.49. The van der Waals surface area contributed by atoms with Crippen LogP contribution in [0.1, 0.15) is 24.7 Å². The summed E-state index contributed by atoms with van der Waals surface area (Å²) in [5, 5.41) is 10.2. The first-order chi connectivity index (χ1) is 11.5. The van der Waals surface area contributed by atoms with Crippen molar-refractivity contribution < 1.29 is 19.1 Å². The highest BCUT2D eigenvalue weighted by Crippen LogP contribution is 2.49. The van der Waals surface area contributed by atoms with Crippen molar-refractivity contribution >= 4 is 33.7 Å². The van der Waals surface area contributed by atoms with Gasteiger partial charge in [0.1, 0.15) is 16.3 Å². The topological polar surface area (TPSA) is 76.7 Å². The molecule has 7 heteroatoms. The number of halogens is 1. The molecule has 2 rings (SSSR count). The summed E-state index contributed by atoms with van der Waals surface area (Å²) in [6, 6.07) is 10.4. The molecule has 0 spiro atoms. The molecule has 0 amide bonds. The summed E-state index contributed by atoms with van der Waals surface area (Å²) >= 11 is 4.47. The Morgan fingerprint density at radius 2 is 2.04 bits per heavy atom. The van der Waals surface area contributed by atoms with Crippen LogP contribution >= 0.6 is 27.7 Å². The van der Waals surface area contributed by atoms with Gasteiger partial charge >= 0.3 is 11.6 Å². The second-order valence-corrected chi connectivity index (χ2v) is 6.90. The van der Waals surface area contributed by atoms with Gasteiger partial charge < -0.3 is 14.3 Å². The Balaban J connectivity index is 2.73. The van der Waals surface area contributed by atoms with Crippen LogP contribution in [0, 0.1) is 0 Å². The first-order valence-corrected chi connectivity index (χ1v) is 9.17. The molecule has 1 unspecified atom stereocenters. The highest BCUT2D eigenvalue weighted by molar-refractivity contribution is 9.08. The molecule has 0 aliphatic carbocycles. The quantitative estimate of drug-likeness (QED) is 0.546. The van der Waals surface area contributed by atoms with E-state index in [1.165, 1.54) is 24.9 Å². The van der Waals surface area contributed by atoms with Gasteiger partial charge in [-0.3, -0.25) is 4.79 Å². The Kier molecular flexibility index (Phi) is 6.12. The molecule has 24 heavy (non-hydrogen) atoms. The number of benzene rings is 1. The number of carboxylic acids is 1. The van der Waals surface area contributed by atoms with E-state index in [1.54, 1.807) is 6.92 Å². The van der Waals surface area contributed by atoms with E-state index >= 15 is 0 Å². The minimum absolute atomic E-state index is 0.207. The zero-order chi connectivity index (χ0) is 17.7. The van der Waals surface area contributed by atoms with Crippen LogP contribution in [-0.4, -0.2) is 18.2 Å². The number of aliphatic carboxylic acids is 1. The Labute approximate surface area is 152 Å². The van der Waals surface area contributed by atoms with Crippen molar-refractivity contribution in [1.82, 2.24) is 0 Å². The van der Waals surface area contributed by atoms with E-state index in [1.807, 2.05) is 30.3 Å². The minimum atomic E-state index is -1.34. The van der Waals surface area contributed by atoms with Gasteiger partial charge in [-0.25, -0.2) is 4.79 Å². The van der Waals surface area contributed by atoms with Crippen LogP contribution in [0.3, 0.4) is 0 Å². The summed E-state index contributed by atoms with van der Waals surface area (Å²) in [5.74, 6) is -0.548. The molecule has 0 saturated heterocycles. The molecular formula is C17H17BrO5S. The van der Waals surface area contributed by atoms with E-state index in [4.69, 9.17) is 9.15 Å². The number of ether oxygens (including phenoxy) is 1. The summed E-state index contributed by atoms with van der Waals surface area (Å²) in [5.41, 5.74) is -0.213. The van der Waals surface area contributed by atoms with Crippen molar-refractivity contribution in [3.63, 3.8) is 0 Å². The standard InChI is InChI=1S/C17H17BrO5S/c1-3-17(16(20)21,24-11-7-5-4-6-8-11)15-12(22-2)9-14(19)23-13(15)10-18/h4-9H,3,10H2,1-2H3,(H,20,21). The van der Waals surface area contributed by atoms with Crippen LogP contribution in [0.25, 0.3) is 0 Å². The van der Waals surface area contributed by atoms with E-state index < -0.39 is 16.3 Å². The van der Waals surface area contributed by atoms with Crippen LogP contribution in [0.15, 0.2) is 50.5 Å². The Morgan fingerprint density at radius 3 is 2.54 bits per heavy atom. The average molecular weight is 413 g/mol. The van der Waals surface area contributed by atoms with Crippen LogP contribution in [-0.2, 0) is 14.9 Å². The van der Waals surface area contributed by atoms with Gasteiger partial charge in [0, 0.05) is 4.90 Å². The van der Waals surface area contributed by atoms with Crippen molar-refractivity contribution in [3.05, 3.63) is 58.1 Å². The van der Waals surface area contributed by atoms with Gasteiger partial charge in [-0.05, 0) is 18.6 Å². The second kappa shape index (κ2) is 7.90. The van der Waals surface area contributed by atoms with E-state index in [-0.39, 0.29) is 23.3 Å². The molecule has 0 aliphatic rings. The van der Waals surface area contributed by atoms with Crippen LogP contribution in [0.5, 0.6) is 5.75 Å². The molecule has 1 N–H and O–H groups in total. The third kappa shape index (κ3) is 3.52. The molecular weight excluding hydrogens is 396 g/mol. The van der Waals surface area contributed by atoms with Crippen molar-refractivity contribution in [1.29, 1.82) is 0 Å². The van der Waals surface area contributed by atoms with Crippen molar-refractivity contribution in [2.45, 2.75) is 28.3 Å². The molecule has 128 valence electrons. The van der Waals surface area contributed by atoms with Crippen molar-refractivity contribution in [2.24, 2.45) is 0 Å². The first-order valence-electron chi connectivity index (χ1n) is 7.23. The summed E-state index contributed by atoms with van der Waals surface area (Å²) in [6.07, 6.45) is 0.284. The van der Waals surface area contributed by atoms with Crippen LogP contribution in [0.4, 0.5) is 0 Å². The summed E-state index contributed by atoms with van der Waals surface area (Å²) in [4.78, 5) is 24.8. The fraction of sp³-hybridized carbons (Fsp3) is 0.294. The molecule has 2 aromatic rings. The number of alkyl halides is 1. The Bertz CT molecular complexity index is 746. The van der Waals surface area contributed by atoms with Gasteiger partial charge in [-0.1, -0.05) is 41.1 Å². The van der Waals surface area contributed by atoms with Gasteiger partial charge in [0.2, 0.25) is 0 Å². The Morgan fingerprint density at radius 1 is 1.38 bits per heavy atom. The zero-order valence-electron chi connectivity index (χ0n) is 13.2. The third-order valence-corrected chi connectivity index (χ3v) is 5.65. The summed E-state index contributed by atoms with van der Waals surface area (Å²) in [6.45, 7) is 1.78. The SMILES string of the molecule is CCC(Sc1ccccc1)(C(=O)O)c1c(OC)cc(=O)oc1CBr. The predicted octanol–water partition coefficient (Wildman–Crippen LogP) is 4.03. The Hall–Kier alpha value is -1.73. The van der Waals surface area contributed by atoms with Crippen LogP contribution < -0.4 is 10.4 Å². The van der Waals surface area contributed by atoms with Gasteiger partial charge in [0.25, 0.3) is 0 Å². The monoisotopic (exact) mass is 412 g/mol. The minimum Gasteiger partial charge on any atom is -0.496 e. The van der Waals surface area contributed by atoms with Gasteiger partial charge in [0.15, 0.2) is 0 Å². The lowest BCUT2D eigenvalue weighted by molar-refractivity contribution is -0.140. The van der Waals surface area contributed by atoms with E-state index in [9.17, 15) is 14.7 Å². The number of hydrogen-bond donors (Lipinski definition) is 1. The van der Waals surface area contributed by atoms with Crippen LogP contribution in [0.2, 0.25) is 0 Å². The smallest absolute Gasteiger partial charge is 0.339 e. The fourth-order valence-corrected chi connectivity index (χ4v) is 4.13. The molecule has 0 saturated carbocycles. The van der Waals surface area contributed by atoms with Gasteiger partial charge in [0.05, 0.1) is 24.1 Å². The molecule has 1 aromatic carbocycles. The highest BCUT2D eigenvalue weighted by atomic mass is 79.9. The molecule has 0 bridgehead atoms. The molecule has 1 aromatic heterocycles. The maximum atomic E-state index is 12.3. The van der Waals surface area contributed by atoms with Gasteiger partial charge in [-0.15, -0.1) is 11.8 Å². The lowest BCUT2D eigenvalue weighted by Crippen LogP contribution is -2.34. The molecule has 0 aliphatic heterocycles. The van der Waals surface area contributed by atoms with E-state index in [2.05, 4.69) is 15.9 Å². The zero-order valence-corrected chi connectivity index (χ0v) is 15.6. The normalized spacial score (nSPS) is 13.3. The number of rotatable bonds is 7. The highest BCUT2D eigenvalue weighted by Gasteiger charge is 2.45. The summed E-state index contributed by atoms with van der Waals surface area (Å²) < 4.78 is 9.20. The lowest BCUT2D eigenvalue weighted by atomic mass is 9.94. The number of methoxy groups -OCH3 is 1. The number of hydrogen-bond acceptors (Lipinski definition) is 5. The van der Waals surface area contributed by atoms with Crippen molar-refractivity contribution in [2.75, 3.05) is 7.11 Å².